The molecule has 0 aliphatic rings. The van der Waals surface area contributed by atoms with Gasteiger partial charge in [0.2, 0.25) is 15.9 Å². The van der Waals surface area contributed by atoms with Crippen molar-refractivity contribution in [2.24, 2.45) is 5.14 Å². The molecule has 0 spiro atoms. The topological polar surface area (TPSA) is 108 Å². The number of nitrogens with two attached hydrogens (primary N) is 1. The van der Waals surface area contributed by atoms with Crippen LogP contribution in [0.3, 0.4) is 0 Å². The van der Waals surface area contributed by atoms with Gasteiger partial charge in [-0.1, -0.05) is 0 Å². The number of primary sulfonamides is 1. The molecule has 1 aromatic rings. The van der Waals surface area contributed by atoms with Crippen LogP contribution in [-0.2, 0) is 19.6 Å². The Bertz CT molecular complexity index is 620. The highest BCUT2D eigenvalue weighted by molar-refractivity contribution is 7.89. The van der Waals surface area contributed by atoms with E-state index in [0.29, 0.717) is 5.75 Å². The summed E-state index contributed by atoms with van der Waals surface area (Å²) in [6.07, 6.45) is 0. The van der Waals surface area contributed by atoms with Crippen LogP contribution in [0.1, 0.15) is 20.8 Å². The second kappa shape index (κ2) is 6.42. The van der Waals surface area contributed by atoms with Crippen molar-refractivity contribution in [1.29, 1.82) is 0 Å². The molecule has 0 unspecified atom stereocenters. The minimum atomic E-state index is -3.86. The lowest BCUT2D eigenvalue weighted by molar-refractivity contribution is -0.125. The molecule has 3 N–H and O–H groups in total. The molecule has 0 heterocycles. The molecule has 21 heavy (non-hydrogen) atoms. The second-order valence-corrected chi connectivity index (χ2v) is 6.92. The molecule has 7 nitrogen and oxygen atoms in total. The van der Waals surface area contributed by atoms with Gasteiger partial charge >= 0.3 is 0 Å². The van der Waals surface area contributed by atoms with Crippen LogP contribution in [-0.4, -0.2) is 33.6 Å². The van der Waals surface area contributed by atoms with E-state index in [-0.39, 0.29) is 17.2 Å². The van der Waals surface area contributed by atoms with Crippen molar-refractivity contribution in [3.63, 3.8) is 0 Å². The third kappa shape index (κ3) is 5.70. The molecule has 0 atom stereocenters. The highest BCUT2D eigenvalue weighted by Crippen LogP contribution is 2.27. The highest BCUT2D eigenvalue weighted by atomic mass is 32.2. The first-order valence-corrected chi connectivity index (χ1v) is 7.72. The quantitative estimate of drug-likeness (QED) is 0.845. The zero-order chi connectivity index (χ0) is 16.3. The van der Waals surface area contributed by atoms with Crippen molar-refractivity contribution < 1.29 is 22.7 Å². The predicted molar refractivity (Wildman–Crippen MR) is 78.7 cm³/mol. The number of nitrogens with one attached hydrogen (secondary N) is 1. The maximum absolute atomic E-state index is 11.8. The average Bonchev–Trinajstić information content (AvgIpc) is 2.34. The van der Waals surface area contributed by atoms with Crippen LogP contribution >= 0.6 is 0 Å². The monoisotopic (exact) mass is 316 g/mol. The molecule has 0 aliphatic carbocycles. The van der Waals surface area contributed by atoms with E-state index < -0.39 is 21.5 Å². The van der Waals surface area contributed by atoms with Gasteiger partial charge < -0.3 is 14.8 Å². The Morgan fingerprint density at radius 1 is 1.33 bits per heavy atom. The summed E-state index contributed by atoms with van der Waals surface area (Å²) in [7, 11) is -2.45. The fraction of sp³-hybridized carbons (Fsp3) is 0.462. The highest BCUT2D eigenvalue weighted by Gasteiger charge is 2.16. The molecule has 1 aromatic carbocycles. The first kappa shape index (κ1) is 17.4. The maximum atomic E-state index is 11.8. The molecule has 0 fully saturated rings. The van der Waals surface area contributed by atoms with Crippen LogP contribution in [0.25, 0.3) is 0 Å². The van der Waals surface area contributed by atoms with Gasteiger partial charge in [-0.15, -0.1) is 0 Å². The zero-order valence-electron chi connectivity index (χ0n) is 12.5. The summed E-state index contributed by atoms with van der Waals surface area (Å²) in [6, 6.07) is 3.96. The van der Waals surface area contributed by atoms with E-state index in [0.717, 1.165) is 0 Å². The SMILES string of the molecule is COc1ccc(S(N)(=O)=O)cc1NC(=O)COC(C)(C)C. The molecule has 1 amide bonds. The average molecular weight is 316 g/mol. The van der Waals surface area contributed by atoms with Gasteiger partial charge in [-0.3, -0.25) is 4.79 Å². The molecule has 1 rings (SSSR count). The lowest BCUT2D eigenvalue weighted by Gasteiger charge is -2.19. The van der Waals surface area contributed by atoms with E-state index in [1.54, 1.807) is 0 Å². The number of sulfonamides is 1. The molecule has 0 saturated heterocycles. The lowest BCUT2D eigenvalue weighted by atomic mass is 10.2. The lowest BCUT2D eigenvalue weighted by Crippen LogP contribution is -2.27. The van der Waals surface area contributed by atoms with Crippen molar-refractivity contribution in [2.45, 2.75) is 31.3 Å². The number of methoxy groups -OCH3 is 1. The third-order valence-corrected chi connectivity index (χ3v) is 3.32. The summed E-state index contributed by atoms with van der Waals surface area (Å²) in [5, 5.41) is 7.60. The van der Waals surface area contributed by atoms with Crippen LogP contribution in [0.2, 0.25) is 0 Å². The van der Waals surface area contributed by atoms with E-state index in [1.807, 2.05) is 20.8 Å². The summed E-state index contributed by atoms with van der Waals surface area (Å²) in [5.74, 6) is -0.0960. The van der Waals surface area contributed by atoms with Crippen LogP contribution in [0.15, 0.2) is 23.1 Å². The summed E-state index contributed by atoms with van der Waals surface area (Å²) in [5.41, 5.74) is -0.240. The van der Waals surface area contributed by atoms with E-state index in [9.17, 15) is 13.2 Å². The summed E-state index contributed by atoms with van der Waals surface area (Å²) in [4.78, 5) is 11.7. The number of ether oxygens (including phenoxy) is 2. The van der Waals surface area contributed by atoms with Gasteiger partial charge in [0.25, 0.3) is 0 Å². The summed E-state index contributed by atoms with van der Waals surface area (Å²) < 4.78 is 33.1. The number of rotatable bonds is 5. The van der Waals surface area contributed by atoms with Crippen molar-refractivity contribution in [2.75, 3.05) is 19.0 Å². The molecule has 118 valence electrons. The van der Waals surface area contributed by atoms with Crippen LogP contribution < -0.4 is 15.2 Å². The summed E-state index contributed by atoms with van der Waals surface area (Å²) in [6.45, 7) is 5.31. The predicted octanol–water partition coefficient (Wildman–Crippen LogP) is 1.10. The maximum Gasteiger partial charge on any atom is 0.250 e. The third-order valence-electron chi connectivity index (χ3n) is 2.41. The zero-order valence-corrected chi connectivity index (χ0v) is 13.3. The van der Waals surface area contributed by atoms with Gasteiger partial charge in [-0.2, -0.15) is 0 Å². The van der Waals surface area contributed by atoms with E-state index in [2.05, 4.69) is 5.32 Å². The summed E-state index contributed by atoms with van der Waals surface area (Å²) >= 11 is 0. The Kier molecular flexibility index (Phi) is 5.32. The molecule has 8 heteroatoms. The molecule has 0 aliphatic heterocycles. The fourth-order valence-corrected chi connectivity index (χ4v) is 1.97. The minimum Gasteiger partial charge on any atom is -0.495 e. The first-order valence-electron chi connectivity index (χ1n) is 6.17. The Morgan fingerprint density at radius 2 is 1.95 bits per heavy atom. The number of carbonyl (C=O) groups is 1. The second-order valence-electron chi connectivity index (χ2n) is 5.36. The number of amides is 1. The number of anilines is 1. The van der Waals surface area contributed by atoms with E-state index in [1.165, 1.54) is 25.3 Å². The standard InChI is InChI=1S/C13H20N2O5S/c1-13(2,3)20-8-12(16)15-10-7-9(21(14,17)18)5-6-11(10)19-4/h5-7H,8H2,1-4H3,(H,15,16)(H2,14,17,18). The number of benzene rings is 1. The molecule has 0 radical (unpaired) electrons. The normalized spacial score (nSPS) is 12.0. The molecule has 0 saturated carbocycles. The Hall–Kier alpha value is -1.64. The van der Waals surface area contributed by atoms with Crippen molar-refractivity contribution >= 4 is 21.6 Å². The molecule has 0 aromatic heterocycles. The Balaban J connectivity index is 2.93. The molecular weight excluding hydrogens is 296 g/mol. The van der Waals surface area contributed by atoms with Crippen molar-refractivity contribution in [3.05, 3.63) is 18.2 Å². The van der Waals surface area contributed by atoms with E-state index >= 15 is 0 Å². The van der Waals surface area contributed by atoms with Gasteiger partial charge in [0.05, 0.1) is 23.3 Å². The Labute approximate surface area is 124 Å². The van der Waals surface area contributed by atoms with Crippen LogP contribution in [0.5, 0.6) is 5.75 Å². The van der Waals surface area contributed by atoms with E-state index in [4.69, 9.17) is 14.6 Å². The van der Waals surface area contributed by atoms with Crippen LogP contribution in [0.4, 0.5) is 5.69 Å². The molecule has 0 bridgehead atoms. The van der Waals surface area contributed by atoms with Crippen molar-refractivity contribution in [1.82, 2.24) is 0 Å². The van der Waals surface area contributed by atoms with Gasteiger partial charge in [-0.05, 0) is 39.0 Å². The number of carbonyl (C=O) groups excluding carboxylic acids is 1. The van der Waals surface area contributed by atoms with Gasteiger partial charge in [0.1, 0.15) is 12.4 Å². The van der Waals surface area contributed by atoms with Crippen molar-refractivity contribution in [3.8, 4) is 5.75 Å². The first-order chi connectivity index (χ1) is 9.53. The minimum absolute atomic E-state index is 0.115. The number of hydrogen-bond acceptors (Lipinski definition) is 5. The van der Waals surface area contributed by atoms with Gasteiger partial charge in [-0.25, -0.2) is 13.6 Å². The van der Waals surface area contributed by atoms with Crippen LogP contribution in [0, 0.1) is 0 Å². The van der Waals surface area contributed by atoms with Gasteiger partial charge in [0, 0.05) is 0 Å². The smallest absolute Gasteiger partial charge is 0.250 e. The largest absolute Gasteiger partial charge is 0.495 e. The fourth-order valence-electron chi connectivity index (χ4n) is 1.43. The number of hydrogen-bond donors (Lipinski definition) is 2. The van der Waals surface area contributed by atoms with Gasteiger partial charge in [0.15, 0.2) is 0 Å². The Morgan fingerprint density at radius 3 is 2.43 bits per heavy atom. The molecular formula is C13H20N2O5S.